The van der Waals surface area contributed by atoms with Crippen LogP contribution in [0.1, 0.15) is 20.3 Å². The van der Waals surface area contributed by atoms with Crippen molar-refractivity contribution in [2.24, 2.45) is 0 Å². The third kappa shape index (κ3) is 3.28. The summed E-state index contributed by atoms with van der Waals surface area (Å²) in [7, 11) is 0. The number of rotatable bonds is 4. The molecular weight excluding hydrogens is 166 g/mol. The Morgan fingerprint density at radius 3 is 3.00 bits per heavy atom. The first-order valence-corrected chi connectivity index (χ1v) is 5.03. The van der Waals surface area contributed by atoms with Gasteiger partial charge in [0.25, 0.3) is 0 Å². The zero-order valence-corrected chi connectivity index (χ0v) is 8.32. The Hall–Kier alpha value is -0.470. The van der Waals surface area contributed by atoms with Gasteiger partial charge in [0.15, 0.2) is 0 Å². The van der Waals surface area contributed by atoms with E-state index >= 15 is 0 Å². The molecule has 1 atom stereocenters. The van der Waals surface area contributed by atoms with Crippen molar-refractivity contribution in [2.45, 2.75) is 31.2 Å². The average Bonchev–Trinajstić information content (AvgIpc) is 2.16. The molecule has 0 fully saturated rings. The molecule has 1 aromatic carbocycles. The van der Waals surface area contributed by atoms with E-state index in [1.807, 2.05) is 18.2 Å². The molecule has 0 amide bonds. The second-order valence-electron chi connectivity index (χ2n) is 2.76. The van der Waals surface area contributed by atoms with E-state index in [2.05, 4.69) is 30.7 Å². The van der Waals surface area contributed by atoms with E-state index in [0.717, 1.165) is 11.3 Å². The van der Waals surface area contributed by atoms with Crippen LogP contribution in [0.4, 0.5) is 0 Å². The predicted octanol–water partition coefficient (Wildman–Crippen LogP) is 2.88. The van der Waals surface area contributed by atoms with Crippen LogP contribution < -0.4 is 4.72 Å². The van der Waals surface area contributed by atoms with Crippen molar-refractivity contribution < 1.29 is 0 Å². The minimum absolute atomic E-state index is 0.559. The lowest BCUT2D eigenvalue weighted by atomic mass is 10.3. The van der Waals surface area contributed by atoms with Crippen molar-refractivity contribution >= 4 is 11.9 Å². The molecule has 0 aliphatic rings. The third-order valence-electron chi connectivity index (χ3n) is 1.66. The Morgan fingerprint density at radius 2 is 2.42 bits per heavy atom. The standard InChI is InChI=1S/C10H14NS/c1-3-9(2)11-12-10-7-5-4-6-8-10/h4-7,9,11H,3H2,1-2H3. The molecule has 0 aliphatic carbocycles. The fourth-order valence-corrected chi connectivity index (χ4v) is 1.46. The molecule has 0 saturated heterocycles. The van der Waals surface area contributed by atoms with Crippen LogP contribution in [0.2, 0.25) is 0 Å². The van der Waals surface area contributed by atoms with Crippen LogP contribution in [-0.4, -0.2) is 6.04 Å². The van der Waals surface area contributed by atoms with Gasteiger partial charge in [-0.2, -0.15) is 0 Å². The highest BCUT2D eigenvalue weighted by molar-refractivity contribution is 7.97. The molecule has 0 saturated carbocycles. The molecule has 1 rings (SSSR count). The minimum Gasteiger partial charge on any atom is -0.257 e. The third-order valence-corrected chi connectivity index (χ3v) is 2.66. The summed E-state index contributed by atoms with van der Waals surface area (Å²) >= 11 is 1.65. The van der Waals surface area contributed by atoms with Gasteiger partial charge in [-0.3, -0.25) is 4.72 Å². The molecular formula is C10H14NS. The lowest BCUT2D eigenvalue weighted by molar-refractivity contribution is 0.669. The van der Waals surface area contributed by atoms with Gasteiger partial charge in [0, 0.05) is 10.9 Å². The largest absolute Gasteiger partial charge is 0.257 e. The first kappa shape index (κ1) is 9.62. The molecule has 65 valence electrons. The smallest absolute Gasteiger partial charge is 0.0307 e. The Labute approximate surface area is 78.7 Å². The predicted molar refractivity (Wildman–Crippen MR) is 54.0 cm³/mol. The van der Waals surface area contributed by atoms with Crippen molar-refractivity contribution in [3.8, 4) is 0 Å². The van der Waals surface area contributed by atoms with Gasteiger partial charge in [0.05, 0.1) is 0 Å². The van der Waals surface area contributed by atoms with E-state index in [1.165, 1.54) is 0 Å². The second kappa shape index (κ2) is 5.22. The summed E-state index contributed by atoms with van der Waals surface area (Å²) in [5.74, 6) is 0. The summed E-state index contributed by atoms with van der Waals surface area (Å²) in [5.41, 5.74) is 0. The SMILES string of the molecule is CCC(C)NSc1[c]cccc1. The summed E-state index contributed by atoms with van der Waals surface area (Å²) in [6.45, 7) is 4.35. The van der Waals surface area contributed by atoms with Gasteiger partial charge in [-0.1, -0.05) is 25.1 Å². The lowest BCUT2D eigenvalue weighted by Gasteiger charge is -2.09. The molecule has 1 unspecified atom stereocenters. The number of hydrogen-bond acceptors (Lipinski definition) is 2. The molecule has 12 heavy (non-hydrogen) atoms. The lowest BCUT2D eigenvalue weighted by Crippen LogP contribution is -2.17. The van der Waals surface area contributed by atoms with Gasteiger partial charge in [-0.15, -0.1) is 0 Å². The molecule has 0 spiro atoms. The van der Waals surface area contributed by atoms with Gasteiger partial charge in [-0.25, -0.2) is 0 Å². The van der Waals surface area contributed by atoms with Crippen LogP contribution in [-0.2, 0) is 0 Å². The quantitative estimate of drug-likeness (QED) is 0.715. The summed E-state index contributed by atoms with van der Waals surface area (Å²) in [5, 5.41) is 0. The van der Waals surface area contributed by atoms with Gasteiger partial charge < -0.3 is 0 Å². The minimum atomic E-state index is 0.559. The Bertz CT molecular complexity index is 210. The van der Waals surface area contributed by atoms with E-state index in [4.69, 9.17) is 0 Å². The molecule has 2 heteroatoms. The maximum atomic E-state index is 3.33. The first-order valence-electron chi connectivity index (χ1n) is 4.22. The van der Waals surface area contributed by atoms with E-state index in [0.29, 0.717) is 6.04 Å². The van der Waals surface area contributed by atoms with E-state index < -0.39 is 0 Å². The number of benzene rings is 1. The van der Waals surface area contributed by atoms with Crippen LogP contribution >= 0.6 is 11.9 Å². The zero-order valence-electron chi connectivity index (χ0n) is 7.50. The Kier molecular flexibility index (Phi) is 4.19. The summed E-state index contributed by atoms with van der Waals surface area (Å²) in [6.07, 6.45) is 1.15. The van der Waals surface area contributed by atoms with Crippen LogP contribution in [0.25, 0.3) is 0 Å². The molecule has 1 N–H and O–H groups in total. The normalized spacial score (nSPS) is 12.8. The van der Waals surface area contributed by atoms with Crippen molar-refractivity contribution in [3.05, 3.63) is 30.3 Å². The van der Waals surface area contributed by atoms with Crippen LogP contribution in [0.15, 0.2) is 29.2 Å². The van der Waals surface area contributed by atoms with Crippen LogP contribution in [0, 0.1) is 6.07 Å². The van der Waals surface area contributed by atoms with Crippen LogP contribution in [0.5, 0.6) is 0 Å². The summed E-state index contributed by atoms with van der Waals surface area (Å²) < 4.78 is 3.33. The summed E-state index contributed by atoms with van der Waals surface area (Å²) in [4.78, 5) is 1.15. The fraction of sp³-hybridized carbons (Fsp3) is 0.400. The van der Waals surface area contributed by atoms with E-state index in [9.17, 15) is 0 Å². The fourth-order valence-electron chi connectivity index (χ4n) is 0.688. The van der Waals surface area contributed by atoms with Gasteiger partial charge >= 0.3 is 0 Å². The van der Waals surface area contributed by atoms with Crippen LogP contribution in [0.3, 0.4) is 0 Å². The molecule has 1 aromatic rings. The van der Waals surface area contributed by atoms with Crippen molar-refractivity contribution in [2.75, 3.05) is 0 Å². The topological polar surface area (TPSA) is 12.0 Å². The van der Waals surface area contributed by atoms with Gasteiger partial charge in [0.1, 0.15) is 0 Å². The molecule has 1 nitrogen and oxygen atoms in total. The van der Waals surface area contributed by atoms with E-state index in [1.54, 1.807) is 11.9 Å². The highest BCUT2D eigenvalue weighted by Gasteiger charge is 1.97. The highest BCUT2D eigenvalue weighted by Crippen LogP contribution is 2.13. The van der Waals surface area contributed by atoms with Crippen molar-refractivity contribution in [3.63, 3.8) is 0 Å². The maximum absolute atomic E-state index is 3.33. The monoisotopic (exact) mass is 180 g/mol. The maximum Gasteiger partial charge on any atom is 0.0307 e. The van der Waals surface area contributed by atoms with E-state index in [-0.39, 0.29) is 0 Å². The first-order chi connectivity index (χ1) is 5.83. The summed E-state index contributed by atoms with van der Waals surface area (Å²) in [6, 6.07) is 11.7. The number of nitrogens with one attached hydrogen (secondary N) is 1. The Morgan fingerprint density at radius 1 is 1.58 bits per heavy atom. The molecule has 0 bridgehead atoms. The molecule has 1 radical (unpaired) electrons. The molecule has 0 aliphatic heterocycles. The molecule has 0 heterocycles. The molecule has 0 aromatic heterocycles. The number of hydrogen-bond donors (Lipinski definition) is 1. The Balaban J connectivity index is 2.33. The van der Waals surface area contributed by atoms with Gasteiger partial charge in [0.2, 0.25) is 0 Å². The second-order valence-corrected chi connectivity index (χ2v) is 3.64. The van der Waals surface area contributed by atoms with Crippen molar-refractivity contribution in [1.29, 1.82) is 0 Å². The average molecular weight is 180 g/mol. The van der Waals surface area contributed by atoms with Crippen molar-refractivity contribution in [1.82, 2.24) is 4.72 Å². The highest BCUT2D eigenvalue weighted by atomic mass is 32.2. The van der Waals surface area contributed by atoms with Gasteiger partial charge in [-0.05, 0) is 37.4 Å². The zero-order chi connectivity index (χ0) is 8.81.